The van der Waals surface area contributed by atoms with Crippen LogP contribution in [-0.2, 0) is 9.47 Å². The molecule has 0 aliphatic heterocycles. The summed E-state index contributed by atoms with van der Waals surface area (Å²) in [6, 6.07) is 6.26. The van der Waals surface area contributed by atoms with E-state index in [0.717, 1.165) is 0 Å². The molecule has 18 heavy (non-hydrogen) atoms. The third-order valence-electron chi connectivity index (χ3n) is 2.11. The minimum Gasteiger partial charge on any atom is -0.432 e. The lowest BCUT2D eigenvalue weighted by atomic mass is 10.1. The highest BCUT2D eigenvalue weighted by Gasteiger charge is 2.06. The number of carbonyl (C=O) groups excluding carboxylic acids is 2. The Morgan fingerprint density at radius 3 is 2.33 bits per heavy atom. The van der Waals surface area contributed by atoms with Crippen LogP contribution in [0, 0.1) is 0 Å². The predicted octanol–water partition coefficient (Wildman–Crippen LogP) is 2.44. The highest BCUT2D eigenvalue weighted by atomic mass is 16.7. The fraction of sp³-hybridized carbons (Fsp3) is 0.385. The van der Waals surface area contributed by atoms with E-state index in [4.69, 9.17) is 14.2 Å². The third kappa shape index (κ3) is 4.97. The first-order valence-corrected chi connectivity index (χ1v) is 5.67. The molecule has 0 fully saturated rings. The molecule has 98 valence electrons. The van der Waals surface area contributed by atoms with Crippen molar-refractivity contribution in [2.45, 2.75) is 13.8 Å². The number of ether oxygens (including phenoxy) is 3. The molecular weight excluding hydrogens is 236 g/mol. The highest BCUT2D eigenvalue weighted by molar-refractivity contribution is 5.94. The van der Waals surface area contributed by atoms with Crippen molar-refractivity contribution in [3.63, 3.8) is 0 Å². The Kier molecular flexibility index (Phi) is 5.87. The standard InChI is InChI=1S/C13H16O5/c1-3-16-8-9-17-13(15)18-12-6-4-11(5-7-12)10(2)14/h4-7H,3,8-9H2,1-2H3. The Balaban J connectivity index is 2.37. The summed E-state index contributed by atoms with van der Waals surface area (Å²) in [6.07, 6.45) is -0.787. The van der Waals surface area contributed by atoms with Crippen molar-refractivity contribution in [3.8, 4) is 5.75 Å². The number of hydrogen-bond donors (Lipinski definition) is 0. The van der Waals surface area contributed by atoms with Crippen molar-refractivity contribution in [1.82, 2.24) is 0 Å². The Labute approximate surface area is 106 Å². The largest absolute Gasteiger partial charge is 0.513 e. The fourth-order valence-electron chi connectivity index (χ4n) is 1.21. The monoisotopic (exact) mass is 252 g/mol. The number of rotatable bonds is 6. The molecule has 1 aromatic carbocycles. The van der Waals surface area contributed by atoms with E-state index in [1.54, 1.807) is 24.3 Å². The third-order valence-corrected chi connectivity index (χ3v) is 2.11. The maximum Gasteiger partial charge on any atom is 0.513 e. The minimum absolute atomic E-state index is 0.0409. The molecular formula is C13H16O5. The van der Waals surface area contributed by atoms with Crippen LogP contribution in [0.25, 0.3) is 0 Å². The van der Waals surface area contributed by atoms with Crippen LogP contribution in [0.4, 0.5) is 4.79 Å². The van der Waals surface area contributed by atoms with Gasteiger partial charge in [-0.3, -0.25) is 4.79 Å². The van der Waals surface area contributed by atoms with Gasteiger partial charge in [0.15, 0.2) is 5.78 Å². The SMILES string of the molecule is CCOCCOC(=O)Oc1ccc(C(C)=O)cc1. The molecule has 0 unspecified atom stereocenters. The molecule has 5 heteroatoms. The Hall–Kier alpha value is -1.88. The van der Waals surface area contributed by atoms with Crippen molar-refractivity contribution < 1.29 is 23.8 Å². The lowest BCUT2D eigenvalue weighted by molar-refractivity contribution is 0.0560. The molecule has 0 aromatic heterocycles. The normalized spacial score (nSPS) is 9.89. The summed E-state index contributed by atoms with van der Waals surface area (Å²) in [5.74, 6) is 0.294. The van der Waals surface area contributed by atoms with Crippen molar-refractivity contribution in [2.75, 3.05) is 19.8 Å². The smallest absolute Gasteiger partial charge is 0.432 e. The van der Waals surface area contributed by atoms with E-state index in [9.17, 15) is 9.59 Å². The molecule has 5 nitrogen and oxygen atoms in total. The van der Waals surface area contributed by atoms with Gasteiger partial charge in [-0.15, -0.1) is 0 Å². The average molecular weight is 252 g/mol. The van der Waals surface area contributed by atoms with Gasteiger partial charge in [0, 0.05) is 12.2 Å². The molecule has 0 heterocycles. The summed E-state index contributed by atoms with van der Waals surface area (Å²) < 4.78 is 14.7. The summed E-state index contributed by atoms with van der Waals surface area (Å²) >= 11 is 0. The topological polar surface area (TPSA) is 61.8 Å². The first-order chi connectivity index (χ1) is 8.63. The van der Waals surface area contributed by atoms with E-state index in [-0.39, 0.29) is 12.4 Å². The highest BCUT2D eigenvalue weighted by Crippen LogP contribution is 2.13. The summed E-state index contributed by atoms with van der Waals surface area (Å²) in [5, 5.41) is 0. The Morgan fingerprint density at radius 2 is 1.78 bits per heavy atom. The molecule has 0 spiro atoms. The number of ketones is 1. The molecule has 0 radical (unpaired) electrons. The van der Waals surface area contributed by atoms with Gasteiger partial charge in [-0.2, -0.15) is 0 Å². The van der Waals surface area contributed by atoms with Gasteiger partial charge in [-0.25, -0.2) is 4.79 Å². The second-order valence-corrected chi connectivity index (χ2v) is 3.48. The number of Topliss-reactive ketones (excluding diaryl/α,β-unsaturated/α-hetero) is 1. The molecule has 0 saturated heterocycles. The van der Waals surface area contributed by atoms with E-state index < -0.39 is 6.16 Å². The zero-order valence-corrected chi connectivity index (χ0v) is 10.5. The zero-order valence-electron chi connectivity index (χ0n) is 10.5. The van der Waals surface area contributed by atoms with Crippen LogP contribution >= 0.6 is 0 Å². The average Bonchev–Trinajstić information content (AvgIpc) is 2.35. The molecule has 0 saturated carbocycles. The van der Waals surface area contributed by atoms with E-state index in [2.05, 4.69) is 0 Å². The second kappa shape index (κ2) is 7.45. The van der Waals surface area contributed by atoms with E-state index in [0.29, 0.717) is 24.5 Å². The van der Waals surface area contributed by atoms with Gasteiger partial charge in [-0.1, -0.05) is 0 Å². The van der Waals surface area contributed by atoms with E-state index >= 15 is 0 Å². The number of benzene rings is 1. The Bertz CT molecular complexity index is 396. The van der Waals surface area contributed by atoms with Crippen molar-refractivity contribution in [2.24, 2.45) is 0 Å². The van der Waals surface area contributed by atoms with Crippen molar-refractivity contribution in [1.29, 1.82) is 0 Å². The molecule has 0 amide bonds. The van der Waals surface area contributed by atoms with Crippen LogP contribution in [0.3, 0.4) is 0 Å². The van der Waals surface area contributed by atoms with Crippen molar-refractivity contribution >= 4 is 11.9 Å². The zero-order chi connectivity index (χ0) is 13.4. The van der Waals surface area contributed by atoms with Gasteiger partial charge in [0.25, 0.3) is 0 Å². The summed E-state index contributed by atoms with van der Waals surface area (Å²) in [5.41, 5.74) is 0.562. The molecule has 1 rings (SSSR count). The lowest BCUT2D eigenvalue weighted by Crippen LogP contribution is -2.14. The van der Waals surface area contributed by atoms with Gasteiger partial charge >= 0.3 is 6.16 Å². The van der Waals surface area contributed by atoms with Crippen LogP contribution in [0.1, 0.15) is 24.2 Å². The van der Waals surface area contributed by atoms with Gasteiger partial charge in [-0.05, 0) is 38.1 Å². The summed E-state index contributed by atoms with van der Waals surface area (Å²) in [6.45, 7) is 4.39. The van der Waals surface area contributed by atoms with Crippen LogP contribution < -0.4 is 4.74 Å². The molecule has 0 aliphatic carbocycles. The quantitative estimate of drug-likeness (QED) is 0.337. The number of carbonyl (C=O) groups is 2. The molecule has 1 aromatic rings. The van der Waals surface area contributed by atoms with E-state index in [1.807, 2.05) is 6.92 Å². The van der Waals surface area contributed by atoms with Gasteiger partial charge in [0.05, 0.1) is 6.61 Å². The van der Waals surface area contributed by atoms with Gasteiger partial charge in [0.2, 0.25) is 0 Å². The van der Waals surface area contributed by atoms with E-state index in [1.165, 1.54) is 6.92 Å². The lowest BCUT2D eigenvalue weighted by Gasteiger charge is -2.06. The van der Waals surface area contributed by atoms with Crippen LogP contribution in [0.2, 0.25) is 0 Å². The van der Waals surface area contributed by atoms with Gasteiger partial charge < -0.3 is 14.2 Å². The minimum atomic E-state index is -0.787. The summed E-state index contributed by atoms with van der Waals surface area (Å²) in [4.78, 5) is 22.3. The van der Waals surface area contributed by atoms with Gasteiger partial charge in [0.1, 0.15) is 12.4 Å². The fourth-order valence-corrected chi connectivity index (χ4v) is 1.21. The predicted molar refractivity (Wildman–Crippen MR) is 64.9 cm³/mol. The molecule has 0 aliphatic rings. The molecule has 0 bridgehead atoms. The Morgan fingerprint density at radius 1 is 1.11 bits per heavy atom. The molecule has 0 atom stereocenters. The van der Waals surface area contributed by atoms with Crippen LogP contribution in [0.15, 0.2) is 24.3 Å². The first kappa shape index (κ1) is 14.2. The van der Waals surface area contributed by atoms with Crippen molar-refractivity contribution in [3.05, 3.63) is 29.8 Å². The molecule has 0 N–H and O–H groups in total. The van der Waals surface area contributed by atoms with Crippen LogP contribution in [-0.4, -0.2) is 31.8 Å². The first-order valence-electron chi connectivity index (χ1n) is 5.67. The summed E-state index contributed by atoms with van der Waals surface area (Å²) in [7, 11) is 0. The number of hydrogen-bond acceptors (Lipinski definition) is 5. The second-order valence-electron chi connectivity index (χ2n) is 3.48. The maximum atomic E-state index is 11.2. The van der Waals surface area contributed by atoms with Crippen LogP contribution in [0.5, 0.6) is 5.75 Å². The maximum absolute atomic E-state index is 11.2.